The van der Waals surface area contributed by atoms with E-state index in [0.717, 1.165) is 12.5 Å². The average molecular weight is 195 g/mol. The number of rotatable bonds is 3. The normalized spacial score (nSPS) is 20.1. The van der Waals surface area contributed by atoms with Crippen molar-refractivity contribution in [1.82, 2.24) is 15.0 Å². The number of aliphatic hydroxyl groups is 1. The van der Waals surface area contributed by atoms with Crippen molar-refractivity contribution in [3.63, 3.8) is 0 Å². The molecule has 1 atom stereocenters. The number of aliphatic hydroxyl groups excluding tert-OH is 1. The smallest absolute Gasteiger partial charge is 0.111 e. The third-order valence-electron chi connectivity index (χ3n) is 2.90. The Morgan fingerprint density at radius 1 is 1.57 bits per heavy atom. The second-order valence-corrected chi connectivity index (χ2v) is 4.19. The van der Waals surface area contributed by atoms with Crippen molar-refractivity contribution in [3.8, 4) is 0 Å². The molecule has 1 saturated carbocycles. The van der Waals surface area contributed by atoms with Gasteiger partial charge < -0.3 is 5.11 Å². The van der Waals surface area contributed by atoms with Gasteiger partial charge in [0, 0.05) is 6.54 Å². The molecule has 1 fully saturated rings. The van der Waals surface area contributed by atoms with Crippen molar-refractivity contribution in [2.24, 2.45) is 5.92 Å². The van der Waals surface area contributed by atoms with Gasteiger partial charge in [0.05, 0.1) is 12.3 Å². The maximum atomic E-state index is 9.28. The molecule has 4 heteroatoms. The molecule has 0 saturated heterocycles. The van der Waals surface area contributed by atoms with Gasteiger partial charge in [0.2, 0.25) is 0 Å². The SMILES string of the molecule is CC(O)c1cn(CC2CCCC2)nn1. The highest BCUT2D eigenvalue weighted by Gasteiger charge is 2.16. The Bertz CT molecular complexity index is 289. The molecule has 0 bridgehead atoms. The molecule has 14 heavy (non-hydrogen) atoms. The Kier molecular flexibility index (Phi) is 2.82. The summed E-state index contributed by atoms with van der Waals surface area (Å²) in [5.41, 5.74) is 0.669. The lowest BCUT2D eigenvalue weighted by Gasteiger charge is -2.07. The van der Waals surface area contributed by atoms with Crippen LogP contribution in [0.25, 0.3) is 0 Å². The minimum absolute atomic E-state index is 0.507. The van der Waals surface area contributed by atoms with Crippen LogP contribution in [0.5, 0.6) is 0 Å². The van der Waals surface area contributed by atoms with E-state index in [2.05, 4.69) is 10.3 Å². The van der Waals surface area contributed by atoms with Gasteiger partial charge in [0.15, 0.2) is 0 Å². The molecule has 1 aliphatic carbocycles. The number of hydrogen-bond donors (Lipinski definition) is 1. The summed E-state index contributed by atoms with van der Waals surface area (Å²) < 4.78 is 1.86. The van der Waals surface area contributed by atoms with E-state index in [4.69, 9.17) is 0 Å². The van der Waals surface area contributed by atoms with Crippen molar-refractivity contribution in [2.75, 3.05) is 0 Å². The summed E-state index contributed by atoms with van der Waals surface area (Å²) >= 11 is 0. The molecule has 1 aromatic rings. The predicted octanol–water partition coefficient (Wildman–Crippen LogP) is 1.52. The third-order valence-corrected chi connectivity index (χ3v) is 2.90. The van der Waals surface area contributed by atoms with Crippen LogP contribution in [0.3, 0.4) is 0 Å². The average Bonchev–Trinajstić information content (AvgIpc) is 2.75. The Hall–Kier alpha value is -0.900. The molecule has 0 aromatic carbocycles. The van der Waals surface area contributed by atoms with Crippen LogP contribution < -0.4 is 0 Å². The predicted molar refractivity (Wildman–Crippen MR) is 52.6 cm³/mol. The first-order chi connectivity index (χ1) is 6.75. The molecule has 1 unspecified atom stereocenters. The van der Waals surface area contributed by atoms with Crippen molar-refractivity contribution in [1.29, 1.82) is 0 Å². The summed E-state index contributed by atoms with van der Waals surface area (Å²) in [6.45, 7) is 2.67. The van der Waals surface area contributed by atoms with E-state index in [9.17, 15) is 5.11 Å². The van der Waals surface area contributed by atoms with Gasteiger partial charge in [-0.1, -0.05) is 18.1 Å². The van der Waals surface area contributed by atoms with Crippen molar-refractivity contribution in [3.05, 3.63) is 11.9 Å². The van der Waals surface area contributed by atoms with Crippen LogP contribution in [0.4, 0.5) is 0 Å². The van der Waals surface area contributed by atoms with Gasteiger partial charge in [-0.15, -0.1) is 5.10 Å². The molecule has 1 aliphatic rings. The Morgan fingerprint density at radius 2 is 2.29 bits per heavy atom. The molecule has 0 amide bonds. The Balaban J connectivity index is 1.95. The number of aromatic nitrogens is 3. The lowest BCUT2D eigenvalue weighted by atomic mass is 10.1. The monoisotopic (exact) mass is 195 g/mol. The molecule has 0 spiro atoms. The molecule has 78 valence electrons. The fraction of sp³-hybridized carbons (Fsp3) is 0.800. The molecule has 2 rings (SSSR count). The first-order valence-corrected chi connectivity index (χ1v) is 5.34. The summed E-state index contributed by atoms with van der Waals surface area (Å²) in [4.78, 5) is 0. The van der Waals surface area contributed by atoms with Gasteiger partial charge in [-0.25, -0.2) is 0 Å². The quantitative estimate of drug-likeness (QED) is 0.795. The summed E-state index contributed by atoms with van der Waals surface area (Å²) in [6.07, 6.45) is 6.66. The molecular formula is C10H17N3O. The Labute approximate surface area is 83.9 Å². The van der Waals surface area contributed by atoms with E-state index >= 15 is 0 Å². The summed E-state index contributed by atoms with van der Waals surface area (Å²) in [7, 11) is 0. The largest absolute Gasteiger partial charge is 0.387 e. The van der Waals surface area contributed by atoms with Gasteiger partial charge in [-0.2, -0.15) is 0 Å². The zero-order chi connectivity index (χ0) is 9.97. The van der Waals surface area contributed by atoms with Crippen LogP contribution in [0, 0.1) is 5.92 Å². The van der Waals surface area contributed by atoms with Crippen LogP contribution in [0.1, 0.15) is 44.4 Å². The van der Waals surface area contributed by atoms with Gasteiger partial charge in [0.25, 0.3) is 0 Å². The number of hydrogen-bond acceptors (Lipinski definition) is 3. The molecule has 1 heterocycles. The summed E-state index contributed by atoms with van der Waals surface area (Å²) in [5.74, 6) is 0.763. The van der Waals surface area contributed by atoms with Gasteiger partial charge >= 0.3 is 0 Å². The van der Waals surface area contributed by atoms with E-state index in [1.165, 1.54) is 25.7 Å². The summed E-state index contributed by atoms with van der Waals surface area (Å²) in [5, 5.41) is 17.2. The highest BCUT2D eigenvalue weighted by molar-refractivity contribution is 4.95. The zero-order valence-corrected chi connectivity index (χ0v) is 8.56. The molecule has 4 nitrogen and oxygen atoms in total. The van der Waals surface area contributed by atoms with Crippen LogP contribution in [-0.2, 0) is 6.54 Å². The maximum absolute atomic E-state index is 9.28. The fourth-order valence-corrected chi connectivity index (χ4v) is 2.05. The van der Waals surface area contributed by atoms with Gasteiger partial charge in [-0.3, -0.25) is 4.68 Å². The second kappa shape index (κ2) is 4.09. The topological polar surface area (TPSA) is 50.9 Å². The van der Waals surface area contributed by atoms with Crippen LogP contribution in [0.15, 0.2) is 6.20 Å². The van der Waals surface area contributed by atoms with Crippen molar-refractivity contribution in [2.45, 2.75) is 45.3 Å². The first-order valence-electron chi connectivity index (χ1n) is 5.34. The summed E-state index contributed by atoms with van der Waals surface area (Å²) in [6, 6.07) is 0. The second-order valence-electron chi connectivity index (χ2n) is 4.19. The van der Waals surface area contributed by atoms with E-state index in [1.54, 1.807) is 6.92 Å². The van der Waals surface area contributed by atoms with Crippen LogP contribution in [0.2, 0.25) is 0 Å². The minimum Gasteiger partial charge on any atom is -0.387 e. The molecule has 1 N–H and O–H groups in total. The van der Waals surface area contributed by atoms with Crippen LogP contribution in [-0.4, -0.2) is 20.1 Å². The number of nitrogens with zero attached hydrogens (tertiary/aromatic N) is 3. The zero-order valence-electron chi connectivity index (χ0n) is 8.56. The fourth-order valence-electron chi connectivity index (χ4n) is 2.05. The minimum atomic E-state index is -0.507. The third kappa shape index (κ3) is 2.12. The van der Waals surface area contributed by atoms with Crippen molar-refractivity contribution >= 4 is 0 Å². The highest BCUT2D eigenvalue weighted by atomic mass is 16.3. The lowest BCUT2D eigenvalue weighted by Crippen LogP contribution is -2.07. The van der Waals surface area contributed by atoms with Crippen molar-refractivity contribution < 1.29 is 5.11 Å². The van der Waals surface area contributed by atoms with Crippen LogP contribution >= 0.6 is 0 Å². The molecule has 0 radical (unpaired) electrons. The van der Waals surface area contributed by atoms with E-state index in [-0.39, 0.29) is 0 Å². The van der Waals surface area contributed by atoms with E-state index < -0.39 is 6.10 Å². The lowest BCUT2D eigenvalue weighted by molar-refractivity contribution is 0.194. The molecule has 1 aromatic heterocycles. The highest BCUT2D eigenvalue weighted by Crippen LogP contribution is 2.25. The van der Waals surface area contributed by atoms with Gasteiger partial charge in [-0.05, 0) is 25.7 Å². The molecular weight excluding hydrogens is 178 g/mol. The maximum Gasteiger partial charge on any atom is 0.111 e. The first kappa shape index (κ1) is 9.65. The van der Waals surface area contributed by atoms with Gasteiger partial charge in [0.1, 0.15) is 5.69 Å². The standard InChI is InChI=1S/C10H17N3O/c1-8(14)10-7-13(12-11-10)6-9-4-2-3-5-9/h7-9,14H,2-6H2,1H3. The van der Waals surface area contributed by atoms with E-state index in [0.29, 0.717) is 5.69 Å². The molecule has 0 aliphatic heterocycles. The Morgan fingerprint density at radius 3 is 2.86 bits per heavy atom. The van der Waals surface area contributed by atoms with E-state index in [1.807, 2.05) is 10.9 Å².